The van der Waals surface area contributed by atoms with Crippen molar-refractivity contribution in [3.63, 3.8) is 0 Å². The molecule has 2 aromatic heterocycles. The molecule has 0 fully saturated rings. The first-order valence-corrected chi connectivity index (χ1v) is 4.17. The molecule has 0 aliphatic heterocycles. The molecule has 0 aliphatic rings. The van der Waals surface area contributed by atoms with Gasteiger partial charge in [0, 0.05) is 6.20 Å². The van der Waals surface area contributed by atoms with Crippen molar-refractivity contribution in [1.82, 2.24) is 15.0 Å². The van der Waals surface area contributed by atoms with Crippen LogP contribution in [0.4, 0.5) is 10.1 Å². The van der Waals surface area contributed by atoms with Crippen molar-refractivity contribution >= 4 is 5.69 Å². The average Bonchev–Trinajstić information content (AvgIpc) is 2.70. The molecule has 2 aromatic rings. The number of H-pyrrole nitrogens is 1. The third-order valence-corrected chi connectivity index (χ3v) is 1.77. The molecule has 0 bridgehead atoms. The maximum Gasteiger partial charge on any atom is 0.212 e. The Morgan fingerprint density at radius 3 is 2.93 bits per heavy atom. The monoisotopic (exact) mass is 192 g/mol. The predicted molar refractivity (Wildman–Crippen MR) is 50.1 cm³/mol. The minimum absolute atomic E-state index is 0.475. The topological polar surface area (TPSA) is 53.6 Å². The molecule has 0 atom stereocenters. The summed E-state index contributed by atoms with van der Waals surface area (Å²) in [6, 6.07) is 2.95. The van der Waals surface area contributed by atoms with Gasteiger partial charge in [-0.15, -0.1) is 0 Å². The van der Waals surface area contributed by atoms with Gasteiger partial charge < -0.3 is 10.3 Å². The molecular weight excluding hydrogens is 183 g/mol. The molecule has 2 heterocycles. The van der Waals surface area contributed by atoms with Crippen molar-refractivity contribution in [3.8, 4) is 0 Å². The number of aromatic nitrogens is 3. The minimum atomic E-state index is -0.475. The Bertz CT molecular complexity index is 382. The smallest absolute Gasteiger partial charge is 0.212 e. The summed E-state index contributed by atoms with van der Waals surface area (Å²) >= 11 is 0. The Kier molecular flexibility index (Phi) is 2.40. The number of halogens is 1. The third-order valence-electron chi connectivity index (χ3n) is 1.77. The minimum Gasteiger partial charge on any atom is -0.378 e. The van der Waals surface area contributed by atoms with Gasteiger partial charge in [-0.05, 0) is 12.1 Å². The van der Waals surface area contributed by atoms with Crippen LogP contribution < -0.4 is 5.32 Å². The van der Waals surface area contributed by atoms with Gasteiger partial charge in [-0.2, -0.15) is 4.39 Å². The molecular formula is C9H9FN4. The summed E-state index contributed by atoms with van der Waals surface area (Å²) in [7, 11) is 0. The molecule has 2 rings (SSSR count). The highest BCUT2D eigenvalue weighted by atomic mass is 19.1. The number of anilines is 1. The Morgan fingerprint density at radius 1 is 1.36 bits per heavy atom. The van der Waals surface area contributed by atoms with Gasteiger partial charge >= 0.3 is 0 Å². The summed E-state index contributed by atoms with van der Waals surface area (Å²) in [5, 5.41) is 3.07. The second kappa shape index (κ2) is 3.87. The van der Waals surface area contributed by atoms with E-state index in [1.165, 1.54) is 12.3 Å². The van der Waals surface area contributed by atoms with Crippen LogP contribution >= 0.6 is 0 Å². The second-order valence-electron chi connectivity index (χ2n) is 2.80. The lowest BCUT2D eigenvalue weighted by Gasteiger charge is -2.02. The van der Waals surface area contributed by atoms with Crippen LogP contribution in [-0.2, 0) is 6.54 Å². The zero-order chi connectivity index (χ0) is 9.80. The fraction of sp³-hybridized carbons (Fsp3) is 0.111. The second-order valence-corrected chi connectivity index (χ2v) is 2.80. The number of aromatic amines is 1. The standard InChI is InChI=1S/C9H9FN4/c10-9-2-1-7(4-13-9)12-5-8-3-11-6-14-8/h1-4,6,12H,5H2,(H,11,14). The van der Waals surface area contributed by atoms with Gasteiger partial charge in [0.15, 0.2) is 0 Å². The Morgan fingerprint density at radius 2 is 2.29 bits per heavy atom. The van der Waals surface area contributed by atoms with E-state index in [0.29, 0.717) is 6.54 Å². The molecule has 0 aromatic carbocycles. The van der Waals surface area contributed by atoms with Crippen molar-refractivity contribution in [2.75, 3.05) is 5.32 Å². The van der Waals surface area contributed by atoms with E-state index < -0.39 is 5.95 Å². The van der Waals surface area contributed by atoms with E-state index in [4.69, 9.17) is 0 Å². The number of pyridine rings is 1. The SMILES string of the molecule is Fc1ccc(NCc2cnc[nH]2)cn1. The van der Waals surface area contributed by atoms with Gasteiger partial charge in [-0.3, -0.25) is 0 Å². The summed E-state index contributed by atoms with van der Waals surface area (Å²) in [6.07, 6.45) is 4.79. The van der Waals surface area contributed by atoms with Crippen molar-refractivity contribution in [1.29, 1.82) is 0 Å². The highest BCUT2D eigenvalue weighted by Gasteiger charge is 1.95. The summed E-state index contributed by atoms with van der Waals surface area (Å²) in [6.45, 7) is 0.618. The van der Waals surface area contributed by atoms with Gasteiger partial charge in [0.1, 0.15) is 0 Å². The van der Waals surface area contributed by atoms with E-state index in [-0.39, 0.29) is 0 Å². The van der Waals surface area contributed by atoms with E-state index in [0.717, 1.165) is 11.4 Å². The van der Waals surface area contributed by atoms with Crippen LogP contribution in [0.1, 0.15) is 5.69 Å². The number of hydrogen-bond donors (Lipinski definition) is 2. The first-order valence-electron chi connectivity index (χ1n) is 4.17. The van der Waals surface area contributed by atoms with Gasteiger partial charge in [-0.1, -0.05) is 0 Å². The molecule has 4 nitrogen and oxygen atoms in total. The molecule has 0 radical (unpaired) electrons. The zero-order valence-corrected chi connectivity index (χ0v) is 7.37. The van der Waals surface area contributed by atoms with Crippen molar-refractivity contribution in [3.05, 3.63) is 42.5 Å². The molecule has 14 heavy (non-hydrogen) atoms. The molecule has 2 N–H and O–H groups in total. The normalized spacial score (nSPS) is 10.1. The van der Waals surface area contributed by atoms with Crippen molar-refractivity contribution in [2.24, 2.45) is 0 Å². The van der Waals surface area contributed by atoms with Gasteiger partial charge in [-0.25, -0.2) is 9.97 Å². The highest BCUT2D eigenvalue weighted by Crippen LogP contribution is 2.06. The molecule has 0 saturated heterocycles. The maximum atomic E-state index is 12.4. The Hall–Kier alpha value is -1.91. The lowest BCUT2D eigenvalue weighted by Crippen LogP contribution is -2.00. The molecule has 0 unspecified atom stereocenters. The summed E-state index contributed by atoms with van der Waals surface area (Å²) in [5.74, 6) is -0.475. The number of nitrogens with one attached hydrogen (secondary N) is 2. The van der Waals surface area contributed by atoms with Crippen LogP contribution in [0, 0.1) is 5.95 Å². The first-order chi connectivity index (χ1) is 6.84. The van der Waals surface area contributed by atoms with Crippen LogP contribution in [0.5, 0.6) is 0 Å². The highest BCUT2D eigenvalue weighted by molar-refractivity contribution is 5.40. The van der Waals surface area contributed by atoms with E-state index in [1.807, 2.05) is 0 Å². The molecule has 72 valence electrons. The molecule has 0 spiro atoms. The van der Waals surface area contributed by atoms with Crippen molar-refractivity contribution < 1.29 is 4.39 Å². The third kappa shape index (κ3) is 2.07. The molecule has 5 heteroatoms. The van der Waals surface area contributed by atoms with Gasteiger partial charge in [0.25, 0.3) is 0 Å². The van der Waals surface area contributed by atoms with Crippen LogP contribution in [0.25, 0.3) is 0 Å². The lowest BCUT2D eigenvalue weighted by atomic mass is 10.4. The predicted octanol–water partition coefficient (Wildman–Crippen LogP) is 1.56. The van der Waals surface area contributed by atoms with Gasteiger partial charge in [0.2, 0.25) is 5.95 Å². The van der Waals surface area contributed by atoms with Crippen LogP contribution in [0.3, 0.4) is 0 Å². The maximum absolute atomic E-state index is 12.4. The zero-order valence-electron chi connectivity index (χ0n) is 7.37. The van der Waals surface area contributed by atoms with E-state index in [9.17, 15) is 4.39 Å². The van der Waals surface area contributed by atoms with E-state index in [1.54, 1.807) is 18.6 Å². The van der Waals surface area contributed by atoms with Crippen LogP contribution in [0.2, 0.25) is 0 Å². The molecule has 0 amide bonds. The summed E-state index contributed by atoms with van der Waals surface area (Å²) < 4.78 is 12.4. The van der Waals surface area contributed by atoms with E-state index >= 15 is 0 Å². The van der Waals surface area contributed by atoms with Crippen molar-refractivity contribution in [2.45, 2.75) is 6.54 Å². The summed E-state index contributed by atoms with van der Waals surface area (Å²) in [4.78, 5) is 10.4. The fourth-order valence-electron chi connectivity index (χ4n) is 1.06. The largest absolute Gasteiger partial charge is 0.378 e. The number of hydrogen-bond acceptors (Lipinski definition) is 3. The first kappa shape index (κ1) is 8.68. The number of rotatable bonds is 3. The van der Waals surface area contributed by atoms with E-state index in [2.05, 4.69) is 20.3 Å². The summed E-state index contributed by atoms with van der Waals surface area (Å²) in [5.41, 5.74) is 1.75. The molecule has 0 saturated carbocycles. The molecule has 0 aliphatic carbocycles. The van der Waals surface area contributed by atoms with Gasteiger partial charge in [0.05, 0.1) is 30.5 Å². The Labute approximate surface area is 80.2 Å². The fourth-order valence-corrected chi connectivity index (χ4v) is 1.06. The van der Waals surface area contributed by atoms with Crippen LogP contribution in [-0.4, -0.2) is 15.0 Å². The number of nitrogens with zero attached hydrogens (tertiary/aromatic N) is 2. The average molecular weight is 192 g/mol. The quantitative estimate of drug-likeness (QED) is 0.725. The Balaban J connectivity index is 1.95. The van der Waals surface area contributed by atoms with Crippen LogP contribution in [0.15, 0.2) is 30.9 Å². The number of imidazole rings is 1. The lowest BCUT2D eigenvalue weighted by molar-refractivity contribution is 0.584.